The number of nitrogens with one attached hydrogen (secondary N) is 1. The highest BCUT2D eigenvalue weighted by atomic mass is 19.1. The summed E-state index contributed by atoms with van der Waals surface area (Å²) in [5, 5.41) is 21.9. The van der Waals surface area contributed by atoms with Crippen LogP contribution in [0.4, 0.5) is 4.39 Å². The van der Waals surface area contributed by atoms with E-state index < -0.39 is 17.7 Å². The maximum atomic E-state index is 13.8. The van der Waals surface area contributed by atoms with Gasteiger partial charge in [-0.3, -0.25) is 4.79 Å². The minimum Gasteiger partial charge on any atom is -0.504 e. The Bertz CT molecular complexity index is 518. The van der Waals surface area contributed by atoms with Gasteiger partial charge in [-0.05, 0) is 30.5 Å². The molecule has 2 atom stereocenters. The standard InChI is InChI=1S/C13H16FNO4/c1-6-8(4-9(14)12(19-2)11(6)16)10-3-7(5-15-10)13(17)18/h4,7,10,15-16H,3,5H2,1-2H3,(H,17,18). The third kappa shape index (κ3) is 2.35. The third-order valence-electron chi connectivity index (χ3n) is 3.56. The lowest BCUT2D eigenvalue weighted by Gasteiger charge is -2.17. The molecule has 1 saturated heterocycles. The van der Waals surface area contributed by atoms with Gasteiger partial charge >= 0.3 is 5.97 Å². The van der Waals surface area contributed by atoms with E-state index in [4.69, 9.17) is 9.84 Å². The molecular formula is C13H16FNO4. The maximum absolute atomic E-state index is 13.8. The zero-order valence-electron chi connectivity index (χ0n) is 10.7. The van der Waals surface area contributed by atoms with Crippen molar-refractivity contribution in [2.75, 3.05) is 13.7 Å². The van der Waals surface area contributed by atoms with Gasteiger partial charge in [0, 0.05) is 12.6 Å². The van der Waals surface area contributed by atoms with E-state index in [1.807, 2.05) is 0 Å². The molecular weight excluding hydrogens is 253 g/mol. The molecule has 0 spiro atoms. The third-order valence-corrected chi connectivity index (χ3v) is 3.56. The summed E-state index contributed by atoms with van der Waals surface area (Å²) in [5.41, 5.74) is 1.07. The number of carboxylic acids is 1. The van der Waals surface area contributed by atoms with Crippen LogP contribution in [-0.4, -0.2) is 29.8 Å². The van der Waals surface area contributed by atoms with Gasteiger partial charge in [-0.1, -0.05) is 0 Å². The van der Waals surface area contributed by atoms with Crippen LogP contribution in [0, 0.1) is 18.7 Å². The minimum atomic E-state index is -0.870. The predicted molar refractivity (Wildman–Crippen MR) is 65.8 cm³/mol. The van der Waals surface area contributed by atoms with Gasteiger partial charge in [0.2, 0.25) is 0 Å². The van der Waals surface area contributed by atoms with Crippen molar-refractivity contribution in [3.63, 3.8) is 0 Å². The van der Waals surface area contributed by atoms with Crippen molar-refractivity contribution in [2.45, 2.75) is 19.4 Å². The van der Waals surface area contributed by atoms with Crippen molar-refractivity contribution in [1.82, 2.24) is 5.32 Å². The zero-order chi connectivity index (χ0) is 14.2. The van der Waals surface area contributed by atoms with Gasteiger partial charge in [0.15, 0.2) is 17.3 Å². The molecule has 2 rings (SSSR count). The monoisotopic (exact) mass is 269 g/mol. The molecule has 1 aliphatic rings. The first-order valence-electron chi connectivity index (χ1n) is 5.97. The summed E-state index contributed by atoms with van der Waals surface area (Å²) in [6.07, 6.45) is 0.376. The van der Waals surface area contributed by atoms with Crippen molar-refractivity contribution in [3.8, 4) is 11.5 Å². The van der Waals surface area contributed by atoms with E-state index in [-0.39, 0.29) is 17.5 Å². The molecule has 104 valence electrons. The first-order valence-corrected chi connectivity index (χ1v) is 5.97. The summed E-state index contributed by atoms with van der Waals surface area (Å²) in [4.78, 5) is 10.9. The van der Waals surface area contributed by atoms with Gasteiger partial charge in [-0.2, -0.15) is 0 Å². The van der Waals surface area contributed by atoms with Gasteiger partial charge in [0.25, 0.3) is 0 Å². The molecule has 0 amide bonds. The summed E-state index contributed by atoms with van der Waals surface area (Å²) in [6.45, 7) is 2.00. The lowest BCUT2D eigenvalue weighted by Crippen LogP contribution is -2.17. The summed E-state index contributed by atoms with van der Waals surface area (Å²) >= 11 is 0. The summed E-state index contributed by atoms with van der Waals surface area (Å²) in [7, 11) is 1.28. The van der Waals surface area contributed by atoms with E-state index in [0.29, 0.717) is 24.1 Å². The van der Waals surface area contributed by atoms with Crippen LogP contribution in [0.1, 0.15) is 23.6 Å². The van der Waals surface area contributed by atoms with Gasteiger partial charge in [0.05, 0.1) is 13.0 Å². The fourth-order valence-corrected chi connectivity index (χ4v) is 2.45. The van der Waals surface area contributed by atoms with E-state index >= 15 is 0 Å². The van der Waals surface area contributed by atoms with Crippen LogP contribution in [0.2, 0.25) is 0 Å². The lowest BCUT2D eigenvalue weighted by atomic mass is 9.95. The van der Waals surface area contributed by atoms with Crippen LogP contribution in [0.15, 0.2) is 6.07 Å². The normalized spacial score (nSPS) is 22.5. The van der Waals surface area contributed by atoms with Gasteiger partial charge in [0.1, 0.15) is 0 Å². The number of aromatic hydroxyl groups is 1. The van der Waals surface area contributed by atoms with Crippen molar-refractivity contribution in [1.29, 1.82) is 0 Å². The molecule has 0 bridgehead atoms. The second kappa shape index (κ2) is 5.05. The molecule has 1 aromatic carbocycles. The van der Waals surface area contributed by atoms with E-state index in [1.165, 1.54) is 13.2 Å². The van der Waals surface area contributed by atoms with Gasteiger partial charge in [-0.25, -0.2) is 4.39 Å². The minimum absolute atomic E-state index is 0.186. The van der Waals surface area contributed by atoms with Gasteiger partial charge < -0.3 is 20.3 Å². The highest BCUT2D eigenvalue weighted by molar-refractivity contribution is 5.71. The molecule has 6 heteroatoms. The van der Waals surface area contributed by atoms with Crippen LogP contribution in [-0.2, 0) is 4.79 Å². The fourth-order valence-electron chi connectivity index (χ4n) is 2.45. The highest BCUT2D eigenvalue weighted by Gasteiger charge is 2.32. The average molecular weight is 269 g/mol. The highest BCUT2D eigenvalue weighted by Crippen LogP contribution is 2.39. The number of phenols is 1. The number of hydrogen-bond acceptors (Lipinski definition) is 4. The second-order valence-corrected chi connectivity index (χ2v) is 4.69. The number of carbonyl (C=O) groups is 1. The molecule has 0 aliphatic carbocycles. The van der Waals surface area contributed by atoms with E-state index in [9.17, 15) is 14.3 Å². The number of methoxy groups -OCH3 is 1. The topological polar surface area (TPSA) is 78.8 Å². The van der Waals surface area contributed by atoms with Crippen LogP contribution in [0.5, 0.6) is 11.5 Å². The summed E-state index contributed by atoms with van der Waals surface area (Å²) in [5.74, 6) is -2.43. The molecule has 0 saturated carbocycles. The molecule has 1 aromatic rings. The van der Waals surface area contributed by atoms with Crippen molar-refractivity contribution in [3.05, 3.63) is 23.0 Å². The fraction of sp³-hybridized carbons (Fsp3) is 0.462. The van der Waals surface area contributed by atoms with Crippen LogP contribution < -0.4 is 10.1 Å². The van der Waals surface area contributed by atoms with Crippen LogP contribution in [0.25, 0.3) is 0 Å². The zero-order valence-corrected chi connectivity index (χ0v) is 10.7. The first kappa shape index (κ1) is 13.6. The van der Waals surface area contributed by atoms with Gasteiger partial charge in [-0.15, -0.1) is 0 Å². The Hall–Kier alpha value is -1.82. The Balaban J connectivity index is 2.34. The van der Waals surface area contributed by atoms with E-state index in [2.05, 4.69) is 5.32 Å². The number of phenolic OH excluding ortho intramolecular Hbond substituents is 1. The average Bonchev–Trinajstić information content (AvgIpc) is 2.84. The Morgan fingerprint density at radius 3 is 2.79 bits per heavy atom. The van der Waals surface area contributed by atoms with E-state index in [1.54, 1.807) is 6.92 Å². The number of hydrogen-bond donors (Lipinski definition) is 3. The SMILES string of the molecule is COc1c(F)cc(C2CC(C(=O)O)CN2)c(C)c1O. The summed E-state index contributed by atoms with van der Waals surface area (Å²) in [6, 6.07) is 1.02. The predicted octanol–water partition coefficient (Wildman–Crippen LogP) is 1.58. The lowest BCUT2D eigenvalue weighted by molar-refractivity contribution is -0.141. The number of aliphatic carboxylic acids is 1. The number of ether oxygens (including phenoxy) is 1. The van der Waals surface area contributed by atoms with Crippen molar-refractivity contribution in [2.24, 2.45) is 5.92 Å². The molecule has 2 unspecified atom stereocenters. The Morgan fingerprint density at radius 2 is 2.26 bits per heavy atom. The molecule has 1 fully saturated rings. The summed E-state index contributed by atoms with van der Waals surface area (Å²) < 4.78 is 18.6. The van der Waals surface area contributed by atoms with Crippen molar-refractivity contribution >= 4 is 5.97 Å². The smallest absolute Gasteiger partial charge is 0.307 e. The molecule has 1 aliphatic heterocycles. The number of halogens is 1. The van der Waals surface area contributed by atoms with Crippen LogP contribution >= 0.6 is 0 Å². The first-order chi connectivity index (χ1) is 8.95. The second-order valence-electron chi connectivity index (χ2n) is 4.69. The molecule has 1 heterocycles. The molecule has 19 heavy (non-hydrogen) atoms. The Labute approximate surface area is 110 Å². The Kier molecular flexibility index (Phi) is 3.61. The van der Waals surface area contributed by atoms with Crippen LogP contribution in [0.3, 0.4) is 0 Å². The number of rotatable bonds is 3. The Morgan fingerprint density at radius 1 is 1.58 bits per heavy atom. The molecule has 3 N–H and O–H groups in total. The number of benzene rings is 1. The van der Waals surface area contributed by atoms with Crippen molar-refractivity contribution < 1.29 is 24.1 Å². The van der Waals surface area contributed by atoms with E-state index in [0.717, 1.165) is 0 Å². The quantitative estimate of drug-likeness (QED) is 0.776. The molecule has 0 radical (unpaired) electrons. The largest absolute Gasteiger partial charge is 0.504 e. The molecule has 0 aromatic heterocycles. The maximum Gasteiger partial charge on any atom is 0.307 e. The number of carboxylic acid groups (broad SMARTS) is 1. The molecule has 5 nitrogen and oxygen atoms in total.